The van der Waals surface area contributed by atoms with Crippen molar-refractivity contribution in [2.75, 3.05) is 13.1 Å². The Bertz CT molecular complexity index is 1600. The number of aromatic amines is 1. The number of H-pyrrole nitrogens is 1. The van der Waals surface area contributed by atoms with Gasteiger partial charge in [0.25, 0.3) is 11.7 Å². The summed E-state index contributed by atoms with van der Waals surface area (Å²) in [5.74, 6) is -0.955. The first-order chi connectivity index (χ1) is 18.2. The van der Waals surface area contributed by atoms with Gasteiger partial charge in [0.1, 0.15) is 5.82 Å². The molecule has 0 saturated carbocycles. The monoisotopic (exact) mass is 515 g/mol. The Morgan fingerprint density at radius 1 is 1.29 bits per heavy atom. The number of carbonyl (C=O) groups excluding carboxylic acids is 2. The number of aromatic nitrogens is 5. The van der Waals surface area contributed by atoms with Crippen LogP contribution in [0.2, 0.25) is 0 Å². The summed E-state index contributed by atoms with van der Waals surface area (Å²) in [5.41, 5.74) is 3.39. The van der Waals surface area contributed by atoms with Gasteiger partial charge in [-0.05, 0) is 34.9 Å². The Morgan fingerprint density at radius 2 is 2.11 bits per heavy atom. The molecule has 5 rings (SSSR count). The lowest BCUT2D eigenvalue weighted by molar-refractivity contribution is -0.124. The lowest BCUT2D eigenvalue weighted by atomic mass is 9.97. The van der Waals surface area contributed by atoms with Crippen molar-refractivity contribution in [1.29, 1.82) is 0 Å². The van der Waals surface area contributed by atoms with E-state index >= 15 is 4.39 Å². The fraction of sp³-hybridized carbons (Fsp3) is 0.259. The molecule has 4 heterocycles. The van der Waals surface area contributed by atoms with Crippen molar-refractivity contribution in [3.63, 3.8) is 0 Å². The maximum absolute atomic E-state index is 15.2. The minimum absolute atomic E-state index is 0.0485. The molecule has 11 heteroatoms. The molecule has 0 fully saturated rings. The van der Waals surface area contributed by atoms with Gasteiger partial charge in [-0.15, -0.1) is 0 Å². The molecule has 2 N–H and O–H groups in total. The molecule has 3 aromatic heterocycles. The summed E-state index contributed by atoms with van der Waals surface area (Å²) in [6.45, 7) is 10.0. The Kier molecular flexibility index (Phi) is 6.35. The van der Waals surface area contributed by atoms with Crippen LogP contribution in [0.25, 0.3) is 27.7 Å². The van der Waals surface area contributed by atoms with E-state index in [-0.39, 0.29) is 18.3 Å². The van der Waals surface area contributed by atoms with Crippen LogP contribution < -0.4 is 5.32 Å². The number of fused-ring (bicyclic) bond motifs is 1. The van der Waals surface area contributed by atoms with Crippen LogP contribution in [0.15, 0.2) is 53.7 Å². The second kappa shape index (κ2) is 9.66. The van der Waals surface area contributed by atoms with Gasteiger partial charge < -0.3 is 14.7 Å². The average molecular weight is 516 g/mol. The van der Waals surface area contributed by atoms with Crippen molar-refractivity contribution < 1.29 is 18.5 Å². The summed E-state index contributed by atoms with van der Waals surface area (Å²) in [4.78, 5) is 34.6. The third-order valence-electron chi connectivity index (χ3n) is 6.26. The SMILES string of the molecule is C=CC(=O)N1CC=C(c2[nH]nc3nccc(-c4ccc(CNC(=O)c5noc(C(C)(C)C)n5)c(F)c4)c23)C1. The molecule has 38 heavy (non-hydrogen) atoms. The highest BCUT2D eigenvalue weighted by Crippen LogP contribution is 2.34. The van der Waals surface area contributed by atoms with Gasteiger partial charge in [-0.2, -0.15) is 10.1 Å². The van der Waals surface area contributed by atoms with Gasteiger partial charge in [-0.3, -0.25) is 14.7 Å². The fourth-order valence-electron chi connectivity index (χ4n) is 4.19. The molecule has 1 aliphatic heterocycles. The molecule has 1 aromatic carbocycles. The molecular weight excluding hydrogens is 489 g/mol. The van der Waals surface area contributed by atoms with Gasteiger partial charge in [0.15, 0.2) is 5.65 Å². The van der Waals surface area contributed by atoms with E-state index < -0.39 is 17.1 Å². The van der Waals surface area contributed by atoms with E-state index in [9.17, 15) is 9.59 Å². The Hall–Kier alpha value is -4.67. The van der Waals surface area contributed by atoms with Crippen molar-refractivity contribution in [3.05, 3.63) is 78.0 Å². The molecule has 0 saturated heterocycles. The number of amides is 2. The molecule has 4 aromatic rings. The predicted molar refractivity (Wildman–Crippen MR) is 138 cm³/mol. The number of carbonyl (C=O) groups is 2. The zero-order valence-electron chi connectivity index (χ0n) is 21.2. The van der Waals surface area contributed by atoms with Crippen LogP contribution in [-0.4, -0.2) is 55.1 Å². The molecule has 2 amide bonds. The van der Waals surface area contributed by atoms with E-state index in [1.807, 2.05) is 26.8 Å². The zero-order valence-corrected chi connectivity index (χ0v) is 21.2. The van der Waals surface area contributed by atoms with E-state index in [2.05, 4.69) is 37.2 Å². The predicted octanol–water partition coefficient (Wildman–Crippen LogP) is 3.79. The van der Waals surface area contributed by atoms with Crippen LogP contribution in [0.4, 0.5) is 4.39 Å². The first kappa shape index (κ1) is 25.0. The number of hydrogen-bond donors (Lipinski definition) is 2. The molecule has 1 aliphatic rings. The summed E-state index contributed by atoms with van der Waals surface area (Å²) >= 11 is 0. The molecule has 0 unspecified atom stereocenters. The van der Waals surface area contributed by atoms with Crippen molar-refractivity contribution >= 4 is 28.4 Å². The number of pyridine rings is 1. The first-order valence-corrected chi connectivity index (χ1v) is 12.0. The van der Waals surface area contributed by atoms with E-state index in [1.165, 1.54) is 12.1 Å². The fourth-order valence-corrected chi connectivity index (χ4v) is 4.19. The van der Waals surface area contributed by atoms with Crippen LogP contribution in [0.1, 0.15) is 48.5 Å². The highest BCUT2D eigenvalue weighted by atomic mass is 19.1. The maximum atomic E-state index is 15.2. The van der Waals surface area contributed by atoms with Gasteiger partial charge >= 0.3 is 0 Å². The van der Waals surface area contributed by atoms with Crippen molar-refractivity contribution in [3.8, 4) is 11.1 Å². The summed E-state index contributed by atoms with van der Waals surface area (Å²) in [7, 11) is 0. The third-order valence-corrected chi connectivity index (χ3v) is 6.26. The molecule has 10 nitrogen and oxygen atoms in total. The number of halogens is 1. The quantitative estimate of drug-likeness (QED) is 0.374. The van der Waals surface area contributed by atoms with Crippen molar-refractivity contribution in [2.24, 2.45) is 0 Å². The zero-order chi connectivity index (χ0) is 27.0. The second-order valence-electron chi connectivity index (χ2n) is 9.97. The molecule has 0 bridgehead atoms. The van der Waals surface area contributed by atoms with Crippen LogP contribution >= 0.6 is 0 Å². The van der Waals surface area contributed by atoms with Crippen LogP contribution in [0.5, 0.6) is 0 Å². The third kappa shape index (κ3) is 4.70. The molecule has 0 radical (unpaired) electrons. The van der Waals surface area contributed by atoms with Crippen LogP contribution in [0.3, 0.4) is 0 Å². The smallest absolute Gasteiger partial charge is 0.292 e. The van der Waals surface area contributed by atoms with Crippen molar-refractivity contribution in [1.82, 2.24) is 35.5 Å². The minimum Gasteiger partial charge on any atom is -0.345 e. The number of nitrogens with one attached hydrogen (secondary N) is 2. The highest BCUT2D eigenvalue weighted by Gasteiger charge is 2.25. The normalized spacial score (nSPS) is 13.6. The van der Waals surface area contributed by atoms with Gasteiger partial charge in [-0.1, -0.05) is 50.7 Å². The maximum Gasteiger partial charge on any atom is 0.292 e. The van der Waals surface area contributed by atoms with Crippen LogP contribution in [0, 0.1) is 5.82 Å². The highest BCUT2D eigenvalue weighted by molar-refractivity contribution is 6.01. The Balaban J connectivity index is 1.37. The van der Waals surface area contributed by atoms with E-state index in [1.54, 1.807) is 29.3 Å². The van der Waals surface area contributed by atoms with E-state index in [0.717, 1.165) is 22.2 Å². The second-order valence-corrected chi connectivity index (χ2v) is 9.97. The van der Waals surface area contributed by atoms with Gasteiger partial charge in [0.05, 0.1) is 11.1 Å². The van der Waals surface area contributed by atoms with Gasteiger partial charge in [0.2, 0.25) is 11.8 Å². The van der Waals surface area contributed by atoms with Crippen molar-refractivity contribution in [2.45, 2.75) is 32.7 Å². The molecule has 194 valence electrons. The van der Waals surface area contributed by atoms with Gasteiger partial charge in [-0.25, -0.2) is 9.37 Å². The largest absolute Gasteiger partial charge is 0.345 e. The first-order valence-electron chi connectivity index (χ1n) is 12.0. The summed E-state index contributed by atoms with van der Waals surface area (Å²) in [6.07, 6.45) is 4.85. The Morgan fingerprint density at radius 3 is 2.82 bits per heavy atom. The molecule has 0 atom stereocenters. The number of benzene rings is 1. The minimum atomic E-state index is -0.555. The van der Waals surface area contributed by atoms with E-state index in [4.69, 9.17) is 4.52 Å². The number of rotatable bonds is 6. The molecule has 0 spiro atoms. The number of hydrogen-bond acceptors (Lipinski definition) is 7. The average Bonchev–Trinajstić information content (AvgIpc) is 3.66. The van der Waals surface area contributed by atoms with Gasteiger partial charge in [0, 0.05) is 36.8 Å². The standard InChI is InChI=1S/C27H26FN7O3/c1-5-20(36)35-11-9-17(14-35)22-21-18(8-10-29-23(21)33-32-22)15-6-7-16(19(28)12-15)13-30-25(37)24-31-26(38-34-24)27(2,3)4/h5-10,12H,1,11,13-14H2,2-4H3,(H,30,37)(H,29,32,33). The lowest BCUT2D eigenvalue weighted by Gasteiger charge is -2.13. The van der Waals surface area contributed by atoms with Crippen LogP contribution in [-0.2, 0) is 16.8 Å². The Labute approximate surface area is 217 Å². The number of nitrogens with zero attached hydrogens (tertiary/aromatic N) is 5. The molecule has 0 aliphatic carbocycles. The summed E-state index contributed by atoms with van der Waals surface area (Å²) in [5, 5.41) is 14.4. The lowest BCUT2D eigenvalue weighted by Crippen LogP contribution is -2.26. The summed E-state index contributed by atoms with van der Waals surface area (Å²) < 4.78 is 20.3. The molecular formula is C27H26FN7O3. The summed E-state index contributed by atoms with van der Waals surface area (Å²) in [6, 6.07) is 6.60. The topological polar surface area (TPSA) is 130 Å². The van der Waals surface area contributed by atoms with E-state index in [0.29, 0.717) is 35.8 Å².